The number of rotatable bonds is 5. The molecule has 3 N–H and O–H groups in total. The molecule has 7 nitrogen and oxygen atoms in total. The van der Waals surface area contributed by atoms with Crippen LogP contribution in [0.3, 0.4) is 0 Å². The quantitative estimate of drug-likeness (QED) is 0.464. The Morgan fingerprint density at radius 3 is 2.74 bits per heavy atom. The van der Waals surface area contributed by atoms with Crippen molar-refractivity contribution in [3.8, 4) is 0 Å². The van der Waals surface area contributed by atoms with E-state index in [1.807, 2.05) is 0 Å². The summed E-state index contributed by atoms with van der Waals surface area (Å²) in [6.45, 7) is 0.00774. The molecule has 2 rings (SSSR count). The zero-order chi connectivity index (χ0) is 14.0. The number of hydrogen-bond donors (Lipinski definition) is 2. The fraction of sp³-hybridized carbons (Fsp3) is 0.417. The predicted octanol–water partition coefficient (Wildman–Crippen LogP) is 0.774. The lowest BCUT2D eigenvalue weighted by Crippen LogP contribution is -2.35. The summed E-state index contributed by atoms with van der Waals surface area (Å²) >= 11 is 0. The Labute approximate surface area is 109 Å². The molecular weight excluding hydrogens is 250 g/mol. The summed E-state index contributed by atoms with van der Waals surface area (Å²) in [4.78, 5) is 24.2. The second-order valence-corrected chi connectivity index (χ2v) is 4.49. The standard InChI is InChI=1S/C12H15N3O4/c13-8-1-4-11(15(18)19)10(7-8)12(17)14(5-6-16)9-2-3-9/h1,4,7,9,16H,2-3,5-6,13H2. The van der Waals surface area contributed by atoms with Crippen LogP contribution < -0.4 is 5.73 Å². The van der Waals surface area contributed by atoms with Gasteiger partial charge < -0.3 is 15.7 Å². The maximum Gasteiger partial charge on any atom is 0.282 e. The molecular formula is C12H15N3O4. The minimum Gasteiger partial charge on any atom is -0.399 e. The number of hydrogen-bond acceptors (Lipinski definition) is 5. The van der Waals surface area contributed by atoms with Crippen LogP contribution in [0.1, 0.15) is 23.2 Å². The highest BCUT2D eigenvalue weighted by atomic mass is 16.6. The van der Waals surface area contributed by atoms with E-state index in [1.54, 1.807) is 0 Å². The van der Waals surface area contributed by atoms with Gasteiger partial charge in [-0.3, -0.25) is 14.9 Å². The lowest BCUT2D eigenvalue weighted by molar-refractivity contribution is -0.385. The van der Waals surface area contributed by atoms with Gasteiger partial charge in [0.25, 0.3) is 11.6 Å². The van der Waals surface area contributed by atoms with Crippen LogP contribution in [0.4, 0.5) is 11.4 Å². The fourth-order valence-corrected chi connectivity index (χ4v) is 1.98. The van der Waals surface area contributed by atoms with E-state index in [-0.39, 0.29) is 30.4 Å². The minimum atomic E-state index is -0.600. The lowest BCUT2D eigenvalue weighted by Gasteiger charge is -2.21. The number of carbonyl (C=O) groups is 1. The summed E-state index contributed by atoms with van der Waals surface area (Å²) in [6.07, 6.45) is 1.73. The Kier molecular flexibility index (Phi) is 3.66. The van der Waals surface area contributed by atoms with Crippen molar-refractivity contribution in [1.29, 1.82) is 0 Å². The largest absolute Gasteiger partial charge is 0.399 e. The van der Waals surface area contributed by atoms with E-state index in [0.717, 1.165) is 12.8 Å². The molecule has 0 aromatic heterocycles. The molecule has 0 heterocycles. The number of aliphatic hydroxyl groups is 1. The molecule has 1 aliphatic carbocycles. The molecule has 102 valence electrons. The van der Waals surface area contributed by atoms with Crippen LogP contribution in [0.5, 0.6) is 0 Å². The number of carbonyl (C=O) groups excluding carboxylic acids is 1. The van der Waals surface area contributed by atoms with Crippen LogP contribution >= 0.6 is 0 Å². The van der Waals surface area contributed by atoms with Crippen LogP contribution in [0.2, 0.25) is 0 Å². The Morgan fingerprint density at radius 1 is 1.53 bits per heavy atom. The highest BCUT2D eigenvalue weighted by Crippen LogP contribution is 2.30. The third-order valence-corrected chi connectivity index (χ3v) is 3.04. The van der Waals surface area contributed by atoms with Gasteiger partial charge in [-0.1, -0.05) is 0 Å². The van der Waals surface area contributed by atoms with Crippen molar-refractivity contribution in [2.75, 3.05) is 18.9 Å². The van der Waals surface area contributed by atoms with Gasteiger partial charge in [0, 0.05) is 24.3 Å². The van der Waals surface area contributed by atoms with Crippen LogP contribution in [-0.4, -0.2) is 40.0 Å². The van der Waals surface area contributed by atoms with Crippen LogP contribution in [-0.2, 0) is 0 Å². The van der Waals surface area contributed by atoms with Crippen LogP contribution in [0.25, 0.3) is 0 Å². The maximum atomic E-state index is 12.3. The Balaban J connectivity index is 2.35. The molecule has 0 spiro atoms. The van der Waals surface area contributed by atoms with Gasteiger partial charge in [0.1, 0.15) is 5.56 Å². The van der Waals surface area contributed by atoms with Crippen molar-refractivity contribution in [3.05, 3.63) is 33.9 Å². The number of nitrogens with zero attached hydrogens (tertiary/aromatic N) is 2. The molecule has 7 heteroatoms. The molecule has 1 aliphatic rings. The smallest absolute Gasteiger partial charge is 0.282 e. The molecule has 0 aliphatic heterocycles. The number of nitro groups is 1. The van der Waals surface area contributed by atoms with Crippen molar-refractivity contribution in [2.45, 2.75) is 18.9 Å². The molecule has 1 amide bonds. The normalized spacial score (nSPS) is 14.2. The topological polar surface area (TPSA) is 110 Å². The van der Waals surface area contributed by atoms with Crippen molar-refractivity contribution in [1.82, 2.24) is 4.90 Å². The van der Waals surface area contributed by atoms with E-state index in [4.69, 9.17) is 10.8 Å². The number of nitro benzene ring substituents is 1. The summed E-state index contributed by atoms with van der Waals surface area (Å²) in [5, 5.41) is 19.9. The first-order valence-corrected chi connectivity index (χ1v) is 6.00. The van der Waals surface area contributed by atoms with Gasteiger partial charge in [0.2, 0.25) is 0 Å². The van der Waals surface area contributed by atoms with Crippen LogP contribution in [0.15, 0.2) is 18.2 Å². The van der Waals surface area contributed by atoms with Gasteiger partial charge in [-0.2, -0.15) is 0 Å². The van der Waals surface area contributed by atoms with E-state index in [2.05, 4.69) is 0 Å². The van der Waals surface area contributed by atoms with Crippen molar-refractivity contribution in [2.24, 2.45) is 0 Å². The lowest BCUT2D eigenvalue weighted by atomic mass is 10.1. The molecule has 0 saturated heterocycles. The molecule has 0 radical (unpaired) electrons. The van der Waals surface area contributed by atoms with Gasteiger partial charge in [-0.15, -0.1) is 0 Å². The number of aliphatic hydroxyl groups excluding tert-OH is 1. The van der Waals surface area contributed by atoms with Crippen molar-refractivity contribution in [3.63, 3.8) is 0 Å². The summed E-state index contributed by atoms with van der Waals surface area (Å²) in [5.74, 6) is -0.449. The second kappa shape index (κ2) is 5.23. The molecule has 0 bridgehead atoms. The zero-order valence-electron chi connectivity index (χ0n) is 10.3. The monoisotopic (exact) mass is 265 g/mol. The molecule has 1 aromatic carbocycles. The van der Waals surface area contributed by atoms with Crippen LogP contribution in [0, 0.1) is 10.1 Å². The Morgan fingerprint density at radius 2 is 2.21 bits per heavy atom. The minimum absolute atomic E-state index is 0.0228. The molecule has 1 saturated carbocycles. The Bertz CT molecular complexity index is 514. The van der Waals surface area contributed by atoms with E-state index in [0.29, 0.717) is 5.69 Å². The average Bonchev–Trinajstić information content (AvgIpc) is 3.19. The first kappa shape index (κ1) is 13.3. The van der Waals surface area contributed by atoms with E-state index in [9.17, 15) is 14.9 Å². The fourth-order valence-electron chi connectivity index (χ4n) is 1.98. The summed E-state index contributed by atoms with van der Waals surface area (Å²) in [7, 11) is 0. The summed E-state index contributed by atoms with van der Waals surface area (Å²) in [5.41, 5.74) is 5.60. The number of anilines is 1. The SMILES string of the molecule is Nc1ccc([N+](=O)[O-])c(C(=O)N(CCO)C2CC2)c1. The third kappa shape index (κ3) is 2.82. The van der Waals surface area contributed by atoms with Crippen molar-refractivity contribution >= 4 is 17.3 Å². The van der Waals surface area contributed by atoms with Gasteiger partial charge in [0.05, 0.1) is 11.5 Å². The number of nitrogens with two attached hydrogens (primary N) is 1. The Hall–Kier alpha value is -2.15. The molecule has 19 heavy (non-hydrogen) atoms. The van der Waals surface area contributed by atoms with E-state index >= 15 is 0 Å². The van der Waals surface area contributed by atoms with Crippen molar-refractivity contribution < 1.29 is 14.8 Å². The van der Waals surface area contributed by atoms with Gasteiger partial charge in [0.15, 0.2) is 0 Å². The van der Waals surface area contributed by atoms with Gasteiger partial charge >= 0.3 is 0 Å². The number of benzene rings is 1. The van der Waals surface area contributed by atoms with E-state index < -0.39 is 10.8 Å². The number of amides is 1. The summed E-state index contributed by atoms with van der Waals surface area (Å²) in [6, 6.07) is 4.00. The maximum absolute atomic E-state index is 12.3. The van der Waals surface area contributed by atoms with Gasteiger partial charge in [-0.25, -0.2) is 0 Å². The first-order chi connectivity index (χ1) is 9.04. The highest BCUT2D eigenvalue weighted by molar-refractivity contribution is 5.99. The first-order valence-electron chi connectivity index (χ1n) is 6.00. The molecule has 1 fully saturated rings. The van der Waals surface area contributed by atoms with Gasteiger partial charge in [-0.05, 0) is 25.0 Å². The third-order valence-electron chi connectivity index (χ3n) is 3.04. The predicted molar refractivity (Wildman–Crippen MR) is 68.7 cm³/mol. The highest BCUT2D eigenvalue weighted by Gasteiger charge is 2.35. The zero-order valence-corrected chi connectivity index (χ0v) is 10.3. The molecule has 1 aromatic rings. The summed E-state index contributed by atoms with van der Waals surface area (Å²) < 4.78 is 0. The second-order valence-electron chi connectivity index (χ2n) is 4.49. The molecule has 0 atom stereocenters. The average molecular weight is 265 g/mol. The number of nitrogen functional groups attached to an aromatic ring is 1. The van der Waals surface area contributed by atoms with E-state index in [1.165, 1.54) is 23.1 Å². The molecule has 0 unspecified atom stereocenters.